The summed E-state index contributed by atoms with van der Waals surface area (Å²) in [6.07, 6.45) is 6.91. The molecule has 31 heavy (non-hydrogen) atoms. The Morgan fingerprint density at radius 2 is 1.81 bits per heavy atom. The van der Waals surface area contributed by atoms with Crippen molar-refractivity contribution in [3.05, 3.63) is 60.1 Å². The van der Waals surface area contributed by atoms with E-state index in [1.807, 2.05) is 24.3 Å². The monoisotopic (exact) mass is 431 g/mol. The first-order valence-corrected chi connectivity index (χ1v) is 10.9. The number of nitrogens with one attached hydrogen (secondary N) is 1. The lowest BCUT2D eigenvalue weighted by molar-refractivity contribution is 0.102. The average molecular weight is 432 g/mol. The topological polar surface area (TPSA) is 87.1 Å². The number of nitrogens with zero attached hydrogens (tertiary/aromatic N) is 6. The first-order valence-electron chi connectivity index (χ1n) is 10.0. The molecule has 1 aliphatic heterocycles. The quantitative estimate of drug-likeness (QED) is 0.531. The summed E-state index contributed by atoms with van der Waals surface area (Å²) in [6.45, 7) is 3.90. The van der Waals surface area contributed by atoms with Gasteiger partial charge < -0.3 is 15.1 Å². The van der Waals surface area contributed by atoms with Crippen LogP contribution in [0.15, 0.2) is 54.6 Å². The van der Waals surface area contributed by atoms with Crippen LogP contribution in [0, 0.1) is 0 Å². The van der Waals surface area contributed by atoms with E-state index in [0.29, 0.717) is 11.4 Å². The van der Waals surface area contributed by atoms with Gasteiger partial charge in [-0.25, -0.2) is 9.97 Å². The number of anilines is 2. The SMILES string of the molecule is CN1CCN(c2ccc(C(=O)Nc3cc4cc(-c5cncs5)ncc4cn3)cn2)CC1. The van der Waals surface area contributed by atoms with Gasteiger partial charge in [0.05, 0.1) is 21.6 Å². The van der Waals surface area contributed by atoms with Crippen LogP contribution in [0.1, 0.15) is 10.4 Å². The second-order valence-electron chi connectivity index (χ2n) is 7.50. The third kappa shape index (κ3) is 4.23. The molecule has 156 valence electrons. The molecule has 0 atom stereocenters. The minimum atomic E-state index is -0.235. The van der Waals surface area contributed by atoms with E-state index in [9.17, 15) is 4.79 Å². The molecule has 0 radical (unpaired) electrons. The Morgan fingerprint density at radius 3 is 2.55 bits per heavy atom. The molecule has 1 amide bonds. The average Bonchev–Trinajstić information content (AvgIpc) is 3.34. The van der Waals surface area contributed by atoms with Gasteiger partial charge in [-0.3, -0.25) is 14.8 Å². The number of thiazole rings is 1. The van der Waals surface area contributed by atoms with Gasteiger partial charge in [-0.15, -0.1) is 11.3 Å². The van der Waals surface area contributed by atoms with Crippen molar-refractivity contribution in [1.29, 1.82) is 0 Å². The molecular weight excluding hydrogens is 410 g/mol. The van der Waals surface area contributed by atoms with Crippen LogP contribution < -0.4 is 10.2 Å². The van der Waals surface area contributed by atoms with Crippen LogP contribution in [-0.2, 0) is 0 Å². The van der Waals surface area contributed by atoms with E-state index in [-0.39, 0.29) is 5.91 Å². The van der Waals surface area contributed by atoms with Gasteiger partial charge in [0, 0.05) is 56.4 Å². The molecule has 0 bridgehead atoms. The molecule has 1 fully saturated rings. The third-order valence-electron chi connectivity index (χ3n) is 5.37. The summed E-state index contributed by atoms with van der Waals surface area (Å²) in [7, 11) is 2.12. The summed E-state index contributed by atoms with van der Waals surface area (Å²) in [4.78, 5) is 35.6. The van der Waals surface area contributed by atoms with Gasteiger partial charge in [0.15, 0.2) is 0 Å². The van der Waals surface area contributed by atoms with Gasteiger partial charge >= 0.3 is 0 Å². The number of piperazine rings is 1. The first-order chi connectivity index (χ1) is 15.2. The van der Waals surface area contributed by atoms with Crippen molar-refractivity contribution in [2.45, 2.75) is 0 Å². The molecule has 0 aromatic carbocycles. The fourth-order valence-electron chi connectivity index (χ4n) is 3.51. The molecule has 0 unspecified atom stereocenters. The van der Waals surface area contributed by atoms with Crippen LogP contribution in [0.2, 0.25) is 0 Å². The highest BCUT2D eigenvalue weighted by atomic mass is 32.1. The van der Waals surface area contributed by atoms with Crippen LogP contribution in [-0.4, -0.2) is 64.0 Å². The highest BCUT2D eigenvalue weighted by Crippen LogP contribution is 2.25. The second-order valence-corrected chi connectivity index (χ2v) is 8.39. The maximum Gasteiger partial charge on any atom is 0.258 e. The number of carbonyl (C=O) groups excluding carboxylic acids is 1. The highest BCUT2D eigenvalue weighted by Gasteiger charge is 2.16. The fraction of sp³-hybridized carbons (Fsp3) is 0.227. The normalized spacial score (nSPS) is 14.7. The second kappa shape index (κ2) is 8.37. The van der Waals surface area contributed by atoms with Gasteiger partial charge in [-0.05, 0) is 36.7 Å². The van der Waals surface area contributed by atoms with Crippen molar-refractivity contribution < 1.29 is 4.79 Å². The summed E-state index contributed by atoms with van der Waals surface area (Å²) in [5.74, 6) is 1.15. The van der Waals surface area contributed by atoms with Crippen molar-refractivity contribution >= 4 is 39.7 Å². The summed E-state index contributed by atoms with van der Waals surface area (Å²) >= 11 is 1.54. The zero-order chi connectivity index (χ0) is 21.2. The molecule has 0 spiro atoms. The number of fused-ring (bicyclic) bond motifs is 1. The van der Waals surface area contributed by atoms with E-state index in [2.05, 4.69) is 42.1 Å². The van der Waals surface area contributed by atoms with Crippen LogP contribution in [0.4, 0.5) is 11.6 Å². The van der Waals surface area contributed by atoms with Gasteiger partial charge in [-0.1, -0.05) is 0 Å². The number of carbonyl (C=O) groups is 1. The van der Waals surface area contributed by atoms with E-state index in [4.69, 9.17) is 0 Å². The maximum atomic E-state index is 12.7. The lowest BCUT2D eigenvalue weighted by Gasteiger charge is -2.33. The Hall–Kier alpha value is -3.43. The van der Waals surface area contributed by atoms with Crippen molar-refractivity contribution in [1.82, 2.24) is 24.8 Å². The van der Waals surface area contributed by atoms with Crippen LogP contribution in [0.5, 0.6) is 0 Å². The first kappa shape index (κ1) is 19.5. The van der Waals surface area contributed by atoms with Gasteiger partial charge in [-0.2, -0.15) is 0 Å². The lowest BCUT2D eigenvalue weighted by Crippen LogP contribution is -2.44. The molecule has 1 N–H and O–H groups in total. The number of hydrogen-bond acceptors (Lipinski definition) is 8. The Balaban J connectivity index is 1.31. The molecule has 5 heterocycles. The molecule has 5 rings (SSSR count). The van der Waals surface area contributed by atoms with Crippen LogP contribution in [0.25, 0.3) is 21.3 Å². The molecule has 4 aromatic rings. The predicted octanol–water partition coefficient (Wildman–Crippen LogP) is 3.15. The number of pyridine rings is 3. The minimum absolute atomic E-state index is 0.235. The van der Waals surface area contributed by atoms with Gasteiger partial charge in [0.2, 0.25) is 0 Å². The van der Waals surface area contributed by atoms with E-state index < -0.39 is 0 Å². The molecule has 1 aliphatic rings. The molecule has 0 aliphatic carbocycles. The summed E-state index contributed by atoms with van der Waals surface area (Å²) in [6, 6.07) is 7.54. The number of aromatic nitrogens is 4. The van der Waals surface area contributed by atoms with Crippen molar-refractivity contribution in [2.24, 2.45) is 0 Å². The fourth-order valence-corrected chi connectivity index (χ4v) is 4.10. The standard InChI is InChI=1S/C22H21N7OS/c1-28-4-6-29(7-5-28)21-3-2-15(10-26-21)22(30)27-20-9-16-8-18(19-13-23-14-31-19)24-11-17(16)12-25-20/h2-3,8-14H,4-7H2,1H3,(H,25,27,30). The predicted molar refractivity (Wildman–Crippen MR) is 123 cm³/mol. The highest BCUT2D eigenvalue weighted by molar-refractivity contribution is 7.13. The lowest BCUT2D eigenvalue weighted by atomic mass is 10.2. The summed E-state index contributed by atoms with van der Waals surface area (Å²) in [5, 5.41) is 4.73. The van der Waals surface area contributed by atoms with E-state index in [1.54, 1.807) is 30.3 Å². The number of amides is 1. The summed E-state index contributed by atoms with van der Waals surface area (Å²) < 4.78 is 0. The largest absolute Gasteiger partial charge is 0.354 e. The van der Waals surface area contributed by atoms with E-state index >= 15 is 0 Å². The van der Waals surface area contributed by atoms with Crippen LogP contribution >= 0.6 is 11.3 Å². The maximum absolute atomic E-state index is 12.7. The van der Waals surface area contributed by atoms with Crippen molar-refractivity contribution in [2.75, 3.05) is 43.4 Å². The van der Waals surface area contributed by atoms with Crippen molar-refractivity contribution in [3.63, 3.8) is 0 Å². The zero-order valence-electron chi connectivity index (χ0n) is 17.0. The minimum Gasteiger partial charge on any atom is -0.354 e. The van der Waals surface area contributed by atoms with E-state index in [1.165, 1.54) is 11.3 Å². The molecule has 1 saturated heterocycles. The zero-order valence-corrected chi connectivity index (χ0v) is 17.8. The number of likely N-dealkylation sites (N-methyl/N-ethyl adjacent to an activating group) is 1. The summed E-state index contributed by atoms with van der Waals surface area (Å²) in [5.41, 5.74) is 3.13. The van der Waals surface area contributed by atoms with Crippen LogP contribution in [0.3, 0.4) is 0 Å². The number of hydrogen-bond donors (Lipinski definition) is 1. The Labute approximate surface area is 183 Å². The molecule has 8 nitrogen and oxygen atoms in total. The van der Waals surface area contributed by atoms with Crippen molar-refractivity contribution in [3.8, 4) is 10.6 Å². The van der Waals surface area contributed by atoms with E-state index in [0.717, 1.165) is 53.3 Å². The van der Waals surface area contributed by atoms with Gasteiger partial charge in [0.25, 0.3) is 5.91 Å². The smallest absolute Gasteiger partial charge is 0.258 e. The third-order valence-corrected chi connectivity index (χ3v) is 6.16. The van der Waals surface area contributed by atoms with Gasteiger partial charge in [0.1, 0.15) is 11.6 Å². The Morgan fingerprint density at radius 1 is 0.968 bits per heavy atom. The Kier molecular flexibility index (Phi) is 5.27. The number of rotatable bonds is 4. The molecule has 4 aromatic heterocycles. The molecular formula is C22H21N7OS. The molecule has 9 heteroatoms. The molecule has 0 saturated carbocycles. The Bertz CT molecular complexity index is 1200.